The quantitative estimate of drug-likeness (QED) is 0.880. The lowest BCUT2D eigenvalue weighted by Crippen LogP contribution is -2.50. The Kier molecular flexibility index (Phi) is 3.85. The van der Waals surface area contributed by atoms with Crippen LogP contribution < -0.4 is 5.73 Å². The minimum absolute atomic E-state index is 0.410. The fraction of sp³-hybridized carbons (Fsp3) is 0.500. The van der Waals surface area contributed by atoms with Crippen molar-refractivity contribution in [2.75, 3.05) is 39.5 Å². The number of piperazine rings is 1. The van der Waals surface area contributed by atoms with Gasteiger partial charge in [0.1, 0.15) is 0 Å². The number of hydrogen-bond donors (Lipinski definition) is 1. The Morgan fingerprint density at radius 1 is 1.33 bits per heavy atom. The molecule has 0 amide bonds. The van der Waals surface area contributed by atoms with Crippen molar-refractivity contribution in [2.24, 2.45) is 0 Å². The van der Waals surface area contributed by atoms with Crippen LogP contribution in [0.25, 0.3) is 11.5 Å². The molecule has 2 aromatic heterocycles. The molecule has 112 valence electrons. The van der Waals surface area contributed by atoms with E-state index in [2.05, 4.69) is 39.0 Å². The van der Waals surface area contributed by atoms with Crippen LogP contribution in [0.1, 0.15) is 5.82 Å². The Morgan fingerprint density at radius 2 is 2.19 bits per heavy atom. The van der Waals surface area contributed by atoms with Gasteiger partial charge in [0.2, 0.25) is 0 Å². The van der Waals surface area contributed by atoms with Gasteiger partial charge in [0.25, 0.3) is 5.89 Å². The normalized spacial score (nSPS) is 20.8. The van der Waals surface area contributed by atoms with Gasteiger partial charge in [0.05, 0.1) is 11.3 Å². The lowest BCUT2D eigenvalue weighted by molar-refractivity contribution is 0.113. The second-order valence-electron chi connectivity index (χ2n) is 5.62. The molecule has 0 aliphatic carbocycles. The van der Waals surface area contributed by atoms with Crippen molar-refractivity contribution in [3.8, 4) is 11.5 Å². The number of hydrogen-bond acceptors (Lipinski definition) is 7. The molecular weight excluding hydrogens is 268 g/mol. The van der Waals surface area contributed by atoms with Gasteiger partial charge in [-0.25, -0.2) is 0 Å². The number of rotatable bonds is 3. The first-order chi connectivity index (χ1) is 10.1. The van der Waals surface area contributed by atoms with Crippen LogP contribution in [0.15, 0.2) is 23.0 Å². The minimum atomic E-state index is 0.410. The van der Waals surface area contributed by atoms with Crippen molar-refractivity contribution >= 4 is 5.69 Å². The number of nitrogen functional groups attached to an aromatic ring is 1. The number of nitrogens with two attached hydrogens (primary N) is 1. The molecule has 1 aliphatic heterocycles. The van der Waals surface area contributed by atoms with E-state index in [0.29, 0.717) is 17.6 Å². The average Bonchev–Trinajstić information content (AvgIpc) is 2.91. The first kappa shape index (κ1) is 14.0. The van der Waals surface area contributed by atoms with Gasteiger partial charge in [0, 0.05) is 44.5 Å². The molecule has 1 aliphatic rings. The molecule has 1 saturated heterocycles. The van der Waals surface area contributed by atoms with E-state index < -0.39 is 0 Å². The molecule has 3 rings (SSSR count). The summed E-state index contributed by atoms with van der Waals surface area (Å²) < 4.78 is 5.32. The Labute approximate surface area is 123 Å². The molecule has 0 bridgehead atoms. The molecule has 21 heavy (non-hydrogen) atoms. The van der Waals surface area contributed by atoms with Crippen molar-refractivity contribution in [3.63, 3.8) is 0 Å². The number of aromatic nitrogens is 3. The highest BCUT2D eigenvalue weighted by atomic mass is 16.5. The smallest absolute Gasteiger partial charge is 0.259 e. The third-order valence-electron chi connectivity index (χ3n) is 3.87. The monoisotopic (exact) mass is 288 g/mol. The summed E-state index contributed by atoms with van der Waals surface area (Å²) in [7, 11) is 4.28. The second kappa shape index (κ2) is 5.79. The number of pyridine rings is 1. The molecule has 1 atom stereocenters. The molecule has 0 spiro atoms. The topological polar surface area (TPSA) is 84.3 Å². The predicted molar refractivity (Wildman–Crippen MR) is 79.6 cm³/mol. The summed E-state index contributed by atoms with van der Waals surface area (Å²) in [5.74, 6) is 1.19. The molecule has 2 aromatic rings. The first-order valence-corrected chi connectivity index (χ1v) is 7.04. The van der Waals surface area contributed by atoms with E-state index in [4.69, 9.17) is 10.3 Å². The summed E-state index contributed by atoms with van der Waals surface area (Å²) in [6, 6.07) is 2.19. The van der Waals surface area contributed by atoms with Gasteiger partial charge in [-0.2, -0.15) is 4.98 Å². The molecule has 7 heteroatoms. The fourth-order valence-electron chi connectivity index (χ4n) is 2.56. The maximum Gasteiger partial charge on any atom is 0.259 e. The van der Waals surface area contributed by atoms with Crippen molar-refractivity contribution in [1.29, 1.82) is 0 Å². The van der Waals surface area contributed by atoms with E-state index in [-0.39, 0.29) is 0 Å². The summed E-state index contributed by atoms with van der Waals surface area (Å²) >= 11 is 0. The van der Waals surface area contributed by atoms with Crippen LogP contribution >= 0.6 is 0 Å². The largest absolute Gasteiger partial charge is 0.397 e. The van der Waals surface area contributed by atoms with E-state index >= 15 is 0 Å². The second-order valence-corrected chi connectivity index (χ2v) is 5.62. The van der Waals surface area contributed by atoms with Crippen LogP contribution in [-0.2, 0) is 6.42 Å². The molecule has 0 saturated carbocycles. The summed E-state index contributed by atoms with van der Waals surface area (Å²) in [5, 5.41) is 4.08. The molecule has 0 aromatic carbocycles. The van der Waals surface area contributed by atoms with Crippen LogP contribution in [0.5, 0.6) is 0 Å². The van der Waals surface area contributed by atoms with Crippen LogP contribution in [0.4, 0.5) is 5.69 Å². The third-order valence-corrected chi connectivity index (χ3v) is 3.87. The zero-order valence-corrected chi connectivity index (χ0v) is 12.4. The van der Waals surface area contributed by atoms with E-state index in [0.717, 1.165) is 37.4 Å². The van der Waals surface area contributed by atoms with Gasteiger partial charge in [-0.15, -0.1) is 0 Å². The van der Waals surface area contributed by atoms with Crippen LogP contribution in [-0.4, -0.2) is 64.7 Å². The van der Waals surface area contributed by atoms with Gasteiger partial charge >= 0.3 is 0 Å². The van der Waals surface area contributed by atoms with Gasteiger partial charge in [-0.3, -0.25) is 4.98 Å². The zero-order chi connectivity index (χ0) is 14.8. The maximum absolute atomic E-state index is 5.72. The minimum Gasteiger partial charge on any atom is -0.397 e. The van der Waals surface area contributed by atoms with Crippen molar-refractivity contribution < 1.29 is 4.52 Å². The molecule has 7 nitrogen and oxygen atoms in total. The summed E-state index contributed by atoms with van der Waals surface area (Å²) in [5.41, 5.74) is 7.06. The molecule has 3 heterocycles. The van der Waals surface area contributed by atoms with Gasteiger partial charge in [-0.05, 0) is 20.2 Å². The molecule has 1 fully saturated rings. The highest BCUT2D eigenvalue weighted by Crippen LogP contribution is 2.19. The molecule has 1 unspecified atom stereocenters. The third kappa shape index (κ3) is 3.20. The van der Waals surface area contributed by atoms with E-state index in [9.17, 15) is 0 Å². The highest BCUT2D eigenvalue weighted by molar-refractivity contribution is 5.57. The van der Waals surface area contributed by atoms with Crippen molar-refractivity contribution in [3.05, 3.63) is 24.3 Å². The Bertz CT molecular complexity index is 613. The average molecular weight is 288 g/mol. The Balaban J connectivity index is 1.73. The van der Waals surface area contributed by atoms with E-state index in [1.165, 1.54) is 0 Å². The summed E-state index contributed by atoms with van der Waals surface area (Å²) in [6.45, 7) is 3.17. The number of likely N-dealkylation sites (N-methyl/N-ethyl adjacent to an activating group) is 2. The lowest BCUT2D eigenvalue weighted by atomic mass is 10.1. The van der Waals surface area contributed by atoms with Gasteiger partial charge in [0.15, 0.2) is 5.82 Å². The number of anilines is 1. The molecule has 2 N–H and O–H groups in total. The predicted octanol–water partition coefficient (Wildman–Crippen LogP) is 0.502. The zero-order valence-electron chi connectivity index (χ0n) is 12.4. The van der Waals surface area contributed by atoms with Crippen LogP contribution in [0.3, 0.4) is 0 Å². The van der Waals surface area contributed by atoms with E-state index in [1.807, 2.05) is 0 Å². The molecular formula is C14H20N6O. The first-order valence-electron chi connectivity index (χ1n) is 7.04. The van der Waals surface area contributed by atoms with Crippen LogP contribution in [0.2, 0.25) is 0 Å². The lowest BCUT2D eigenvalue weighted by Gasteiger charge is -2.37. The van der Waals surface area contributed by atoms with Gasteiger partial charge < -0.3 is 20.1 Å². The van der Waals surface area contributed by atoms with Gasteiger partial charge in [-0.1, -0.05) is 5.16 Å². The SMILES string of the molecule is CN1CCN(C)C(Cc2noc(-c3cncc(N)c3)n2)C1. The summed E-state index contributed by atoms with van der Waals surface area (Å²) in [4.78, 5) is 13.2. The Morgan fingerprint density at radius 3 is 3.00 bits per heavy atom. The Hall–Kier alpha value is -1.99. The summed E-state index contributed by atoms with van der Waals surface area (Å²) in [6.07, 6.45) is 4.04. The van der Waals surface area contributed by atoms with Crippen molar-refractivity contribution in [1.82, 2.24) is 24.9 Å². The van der Waals surface area contributed by atoms with Crippen molar-refractivity contribution in [2.45, 2.75) is 12.5 Å². The van der Waals surface area contributed by atoms with Crippen LogP contribution in [0, 0.1) is 0 Å². The number of nitrogens with zero attached hydrogens (tertiary/aromatic N) is 5. The standard InChI is InChI=1S/C14H20N6O/c1-19-3-4-20(2)12(9-19)6-13-17-14(21-18-13)10-5-11(15)8-16-7-10/h5,7-8,12H,3-4,6,9,15H2,1-2H3. The fourth-order valence-corrected chi connectivity index (χ4v) is 2.56. The molecule has 0 radical (unpaired) electrons. The maximum atomic E-state index is 5.72. The van der Waals surface area contributed by atoms with E-state index in [1.54, 1.807) is 18.5 Å². The highest BCUT2D eigenvalue weighted by Gasteiger charge is 2.24.